The number of fused-ring (bicyclic) bond motifs is 2. The van der Waals surface area contributed by atoms with Crippen molar-refractivity contribution < 1.29 is 32.3 Å². The molecule has 18 heteroatoms. The highest BCUT2D eigenvalue weighted by molar-refractivity contribution is 6.30. The van der Waals surface area contributed by atoms with E-state index in [2.05, 4.69) is 35.4 Å². The largest absolute Gasteiger partial charge is 0.417 e. The molecule has 0 bridgehead atoms. The van der Waals surface area contributed by atoms with Crippen LogP contribution in [0.25, 0.3) is 21.8 Å². The summed E-state index contributed by atoms with van der Waals surface area (Å²) in [5.74, 6) is 0.659. The minimum atomic E-state index is -4.52. The fourth-order valence-electron chi connectivity index (χ4n) is 10.9. The third kappa shape index (κ3) is 12.9. The molecule has 1 atom stereocenters. The zero-order chi connectivity index (χ0) is 52.5. The number of halogens is 4. The van der Waals surface area contributed by atoms with Crippen molar-refractivity contribution in [3.63, 3.8) is 0 Å². The Morgan fingerprint density at radius 2 is 1.45 bits per heavy atom. The maximum absolute atomic E-state index is 13.9. The minimum Gasteiger partial charge on any atom is -0.356 e. The summed E-state index contributed by atoms with van der Waals surface area (Å²) in [4.78, 5) is 73.7. The molecule has 6 aromatic rings. The molecule has 75 heavy (non-hydrogen) atoms. The Hall–Kier alpha value is -6.56. The van der Waals surface area contributed by atoms with E-state index in [9.17, 15) is 32.3 Å². The van der Waals surface area contributed by atoms with E-state index in [1.165, 1.54) is 18.2 Å². The lowest BCUT2D eigenvalue weighted by Crippen LogP contribution is -2.60. The van der Waals surface area contributed by atoms with Crippen LogP contribution in [0.1, 0.15) is 120 Å². The van der Waals surface area contributed by atoms with E-state index in [1.807, 2.05) is 65.7 Å². The predicted molar refractivity (Wildman–Crippen MR) is 286 cm³/mol. The summed E-state index contributed by atoms with van der Waals surface area (Å²) in [6.07, 6.45) is 7.01. The van der Waals surface area contributed by atoms with Crippen LogP contribution in [0.4, 0.5) is 19.0 Å². The second-order valence-electron chi connectivity index (χ2n) is 20.3. The number of anilines is 1. The van der Waals surface area contributed by atoms with Crippen molar-refractivity contribution in [3.8, 4) is 0 Å². The summed E-state index contributed by atoms with van der Waals surface area (Å²) in [6, 6.07) is 25.4. The van der Waals surface area contributed by atoms with E-state index in [4.69, 9.17) is 17.3 Å². The average molecular weight is 1050 g/mol. The van der Waals surface area contributed by atoms with Crippen LogP contribution < -0.4 is 21.3 Å². The number of unbranched alkanes of at least 4 members (excludes halogenated alkanes) is 4. The van der Waals surface area contributed by atoms with Crippen LogP contribution in [0.15, 0.2) is 104 Å². The van der Waals surface area contributed by atoms with Gasteiger partial charge in [0.1, 0.15) is 17.8 Å². The number of carbonyl (C=O) groups is 4. The lowest BCUT2D eigenvalue weighted by Gasteiger charge is -2.39. The van der Waals surface area contributed by atoms with Crippen molar-refractivity contribution in [1.29, 1.82) is 0 Å². The molecule has 0 radical (unpaired) electrons. The van der Waals surface area contributed by atoms with Crippen molar-refractivity contribution >= 4 is 62.9 Å². The van der Waals surface area contributed by atoms with E-state index >= 15 is 0 Å². The van der Waals surface area contributed by atoms with E-state index in [-0.39, 0.29) is 46.5 Å². The van der Waals surface area contributed by atoms with Gasteiger partial charge in [0, 0.05) is 94.2 Å². The van der Waals surface area contributed by atoms with Crippen molar-refractivity contribution in [2.75, 3.05) is 70.3 Å². The van der Waals surface area contributed by atoms with E-state index in [0.717, 1.165) is 85.8 Å². The molecule has 3 aliphatic heterocycles. The lowest BCUT2D eigenvalue weighted by molar-refractivity contribution is -0.136. The maximum Gasteiger partial charge on any atom is 0.417 e. The Morgan fingerprint density at radius 3 is 2.19 bits per heavy atom. The summed E-state index contributed by atoms with van der Waals surface area (Å²) in [5, 5.41) is 8.21. The van der Waals surface area contributed by atoms with Gasteiger partial charge in [0.2, 0.25) is 11.8 Å². The number of nitrogens with two attached hydrogens (primary N) is 1. The number of alkyl halides is 3. The van der Waals surface area contributed by atoms with Crippen molar-refractivity contribution in [2.45, 2.75) is 94.3 Å². The molecule has 0 aliphatic carbocycles. The molecule has 0 saturated carbocycles. The van der Waals surface area contributed by atoms with Crippen LogP contribution in [0.5, 0.6) is 0 Å². The zero-order valence-corrected chi connectivity index (χ0v) is 43.0. The molecule has 5 heterocycles. The number of carbonyl (C=O) groups excluding carboxylic acids is 4. The van der Waals surface area contributed by atoms with Gasteiger partial charge in [-0.15, -0.1) is 0 Å². The first kappa shape index (κ1) is 53.3. The van der Waals surface area contributed by atoms with Gasteiger partial charge in [0.25, 0.3) is 11.8 Å². The van der Waals surface area contributed by atoms with Gasteiger partial charge >= 0.3 is 6.18 Å². The molecule has 396 valence electrons. The number of aromatic nitrogens is 3. The molecule has 3 saturated heterocycles. The monoisotopic (exact) mass is 1050 g/mol. The number of nitrogens with zero attached hydrogens (tertiary/aromatic N) is 6. The minimum absolute atomic E-state index is 0.0207. The van der Waals surface area contributed by atoms with Gasteiger partial charge in [-0.25, -0.2) is 9.97 Å². The van der Waals surface area contributed by atoms with Crippen molar-refractivity contribution in [3.05, 3.63) is 136 Å². The fraction of sp³-hybridized carbons (Fsp3) is 0.439. The van der Waals surface area contributed by atoms with E-state index in [1.54, 1.807) is 23.4 Å². The first-order valence-electron chi connectivity index (χ1n) is 26.4. The van der Waals surface area contributed by atoms with Crippen molar-refractivity contribution in [2.24, 2.45) is 5.73 Å². The smallest absolute Gasteiger partial charge is 0.356 e. The second kappa shape index (κ2) is 24.0. The molecule has 4 aromatic carbocycles. The summed E-state index contributed by atoms with van der Waals surface area (Å²) in [5.41, 5.74) is 8.75. The number of piperidine rings is 2. The lowest BCUT2D eigenvalue weighted by atomic mass is 9.87. The molecule has 2 aromatic heterocycles. The number of H-pyrrole nitrogens is 1. The van der Waals surface area contributed by atoms with Crippen LogP contribution >= 0.6 is 11.6 Å². The van der Waals surface area contributed by atoms with Crippen LogP contribution in [0, 0.1) is 0 Å². The Bertz CT molecular complexity index is 2930. The van der Waals surface area contributed by atoms with Crippen molar-refractivity contribution in [1.82, 2.24) is 40.3 Å². The number of amides is 4. The van der Waals surface area contributed by atoms with Gasteiger partial charge in [-0.1, -0.05) is 79.4 Å². The third-order valence-corrected chi connectivity index (χ3v) is 15.8. The molecule has 4 amide bonds. The number of rotatable bonds is 18. The van der Waals surface area contributed by atoms with E-state index < -0.39 is 17.3 Å². The number of nitrogens with one attached hydrogen (secondary N) is 3. The fourth-order valence-corrected chi connectivity index (χ4v) is 11.1. The number of hydrogen-bond donors (Lipinski definition) is 4. The SMILES string of the molecule is NC1(C(=O)N[C@@H](CCN2CCN(C(=O)CCCCCCCNC(=O)c3ccc(C4CCN(C(=O)c5cccc6c(C(F)(F)F)cccc56)CC4)cc3)CC2)c2ccc(Cl)cc2)CCN(c2ncnc3[nH]ccc23)CC1. The van der Waals surface area contributed by atoms with E-state index in [0.29, 0.717) is 100 Å². The molecular weight excluding hydrogens is 981 g/mol. The first-order valence-corrected chi connectivity index (χ1v) is 26.8. The highest BCUT2D eigenvalue weighted by atomic mass is 35.5. The Kier molecular flexibility index (Phi) is 17.0. The summed E-state index contributed by atoms with van der Waals surface area (Å²) in [7, 11) is 0. The normalized spacial score (nSPS) is 17.1. The Labute approximate surface area is 440 Å². The van der Waals surface area contributed by atoms with Crippen LogP contribution in [-0.4, -0.2) is 124 Å². The Balaban J connectivity index is 0.635. The standard InChI is InChI=1S/C57H66ClF3N10O4/c58-43-19-17-41(18-20-43)49(67-55(75)56(62)25-32-70(33-26-56)52-47-21-28-63-51(47)65-38-66-52)24-29-68-34-36-69(37-35-68)50(72)12-4-2-1-3-5-27-64-53(73)42-15-13-39(14-16-42)40-22-30-71(31-23-40)54(74)46-10-6-9-45-44(46)8-7-11-48(45)57(59,60)61/h6-11,13-21,28,38,40,49H,1-5,12,22-27,29-37,62H2,(H,64,73)(H,67,75)(H,63,65,66)/t49-/m0/s1. The maximum atomic E-state index is 13.9. The van der Waals surface area contributed by atoms with Gasteiger partial charge in [-0.3, -0.25) is 24.1 Å². The average Bonchev–Trinajstić information content (AvgIpc) is 3.92. The third-order valence-electron chi connectivity index (χ3n) is 15.5. The van der Waals surface area contributed by atoms with Gasteiger partial charge < -0.3 is 36.1 Å². The number of aromatic amines is 1. The van der Waals surface area contributed by atoms with Gasteiger partial charge in [-0.2, -0.15) is 13.2 Å². The molecule has 9 rings (SSSR count). The predicted octanol–water partition coefficient (Wildman–Crippen LogP) is 9.26. The number of piperazine rings is 1. The van der Waals surface area contributed by atoms with Crippen LogP contribution in [0.3, 0.4) is 0 Å². The molecule has 0 spiro atoms. The molecular formula is C57H66ClF3N10O4. The second-order valence-corrected chi connectivity index (χ2v) is 20.8. The highest BCUT2D eigenvalue weighted by Crippen LogP contribution is 2.37. The number of hydrogen-bond acceptors (Lipinski definition) is 9. The zero-order valence-electron chi connectivity index (χ0n) is 42.2. The summed E-state index contributed by atoms with van der Waals surface area (Å²) >= 11 is 6.25. The molecule has 5 N–H and O–H groups in total. The Morgan fingerprint density at radius 1 is 0.760 bits per heavy atom. The number of likely N-dealkylation sites (tertiary alicyclic amines) is 1. The van der Waals surface area contributed by atoms with Crippen LogP contribution in [-0.2, 0) is 15.8 Å². The summed E-state index contributed by atoms with van der Waals surface area (Å²) < 4.78 is 41.0. The molecule has 3 fully saturated rings. The molecule has 14 nitrogen and oxygen atoms in total. The summed E-state index contributed by atoms with van der Waals surface area (Å²) in [6.45, 7) is 6.33. The highest BCUT2D eigenvalue weighted by Gasteiger charge is 2.40. The van der Waals surface area contributed by atoms with Gasteiger partial charge in [0.15, 0.2) is 0 Å². The topological polar surface area (TPSA) is 173 Å². The van der Waals surface area contributed by atoms with Crippen LogP contribution in [0.2, 0.25) is 5.02 Å². The van der Waals surface area contributed by atoms with Gasteiger partial charge in [-0.05, 0) is 115 Å². The molecule has 3 aliphatic rings. The first-order chi connectivity index (χ1) is 36.2. The number of benzene rings is 4. The molecule has 0 unspecified atom stereocenters. The van der Waals surface area contributed by atoms with Gasteiger partial charge in [0.05, 0.1) is 22.5 Å². The quantitative estimate of drug-likeness (QED) is 0.0613.